The molecule has 0 aliphatic carbocycles. The van der Waals surface area contributed by atoms with Crippen molar-refractivity contribution in [2.24, 2.45) is 10.9 Å². The van der Waals surface area contributed by atoms with Gasteiger partial charge >= 0.3 is 0 Å². The lowest BCUT2D eigenvalue weighted by Crippen LogP contribution is -2.44. The molecule has 1 saturated heterocycles. The fourth-order valence-corrected chi connectivity index (χ4v) is 4.97. The van der Waals surface area contributed by atoms with Gasteiger partial charge in [0.1, 0.15) is 5.82 Å². The smallest absolute Gasteiger partial charge is 0.243 e. The van der Waals surface area contributed by atoms with Gasteiger partial charge in [-0.1, -0.05) is 30.3 Å². The Kier molecular flexibility index (Phi) is 10.2. The third-order valence-corrected chi connectivity index (χ3v) is 7.08. The quantitative estimate of drug-likeness (QED) is 0.309. The summed E-state index contributed by atoms with van der Waals surface area (Å²) in [6.07, 6.45) is 1.59. The number of piperidine rings is 1. The number of benzene rings is 2. The Morgan fingerprint density at radius 2 is 1.81 bits per heavy atom. The zero-order valence-electron chi connectivity index (χ0n) is 17.6. The van der Waals surface area contributed by atoms with Crippen molar-refractivity contribution in [3.63, 3.8) is 0 Å². The molecule has 0 radical (unpaired) electrons. The van der Waals surface area contributed by atoms with Crippen molar-refractivity contribution in [2.75, 3.05) is 26.2 Å². The van der Waals surface area contributed by atoms with Crippen LogP contribution in [0, 0.1) is 11.7 Å². The number of nitrogens with one attached hydrogen (secondary N) is 2. The highest BCUT2D eigenvalue weighted by atomic mass is 127. The molecule has 6 nitrogen and oxygen atoms in total. The van der Waals surface area contributed by atoms with E-state index in [1.165, 1.54) is 12.1 Å². The highest BCUT2D eigenvalue weighted by Gasteiger charge is 2.29. The van der Waals surface area contributed by atoms with Crippen LogP contribution in [0.15, 0.2) is 64.5 Å². The molecule has 0 atom stereocenters. The molecule has 0 saturated carbocycles. The molecule has 9 heteroatoms. The molecule has 2 aromatic carbocycles. The summed E-state index contributed by atoms with van der Waals surface area (Å²) in [6, 6.07) is 15.0. The standard InChI is InChI=1S/C22H29FN4O2S.HI/c1-2-24-22(26-17-19-7-6-8-20(23)15-19)25-16-18-11-13-27(14-12-18)30(28,29)21-9-4-3-5-10-21;/h3-10,15,18H,2,11-14,16-17H2,1H3,(H2,24,25,26);1H. The first-order chi connectivity index (χ1) is 14.5. The predicted octanol–water partition coefficient (Wildman–Crippen LogP) is 3.60. The van der Waals surface area contributed by atoms with Crippen LogP contribution < -0.4 is 10.6 Å². The first-order valence-corrected chi connectivity index (χ1v) is 11.7. The van der Waals surface area contributed by atoms with E-state index < -0.39 is 10.0 Å². The van der Waals surface area contributed by atoms with E-state index in [-0.39, 0.29) is 29.8 Å². The monoisotopic (exact) mass is 560 g/mol. The van der Waals surface area contributed by atoms with E-state index in [0.717, 1.165) is 24.9 Å². The van der Waals surface area contributed by atoms with Gasteiger partial charge in [0.05, 0.1) is 11.4 Å². The lowest BCUT2D eigenvalue weighted by Gasteiger charge is -2.31. The van der Waals surface area contributed by atoms with Gasteiger partial charge in [-0.3, -0.25) is 0 Å². The van der Waals surface area contributed by atoms with Crippen LogP contribution in [-0.2, 0) is 16.6 Å². The maximum atomic E-state index is 13.3. The van der Waals surface area contributed by atoms with Crippen LogP contribution in [0.1, 0.15) is 25.3 Å². The molecule has 2 N–H and O–H groups in total. The van der Waals surface area contributed by atoms with Gasteiger partial charge < -0.3 is 10.6 Å². The van der Waals surface area contributed by atoms with Crippen LogP contribution in [0.3, 0.4) is 0 Å². The SMILES string of the molecule is CCNC(=NCc1cccc(F)c1)NCC1CCN(S(=O)(=O)c2ccccc2)CC1.I. The van der Waals surface area contributed by atoms with Gasteiger partial charge in [0.25, 0.3) is 0 Å². The van der Waals surface area contributed by atoms with E-state index in [1.807, 2.05) is 19.1 Å². The molecule has 31 heavy (non-hydrogen) atoms. The number of guanidine groups is 1. The van der Waals surface area contributed by atoms with Crippen molar-refractivity contribution < 1.29 is 12.8 Å². The van der Waals surface area contributed by atoms with Gasteiger partial charge in [0, 0.05) is 26.2 Å². The number of rotatable bonds is 7. The molecular weight excluding hydrogens is 530 g/mol. The number of hydrogen-bond acceptors (Lipinski definition) is 3. The van der Waals surface area contributed by atoms with Crippen molar-refractivity contribution in [2.45, 2.75) is 31.2 Å². The molecule has 1 fully saturated rings. The molecule has 1 aliphatic rings. The minimum atomic E-state index is -3.42. The van der Waals surface area contributed by atoms with Gasteiger partial charge in [-0.15, -0.1) is 24.0 Å². The summed E-state index contributed by atoms with van der Waals surface area (Å²) >= 11 is 0. The van der Waals surface area contributed by atoms with Crippen LogP contribution in [0.5, 0.6) is 0 Å². The fraction of sp³-hybridized carbons (Fsp3) is 0.409. The minimum Gasteiger partial charge on any atom is -0.357 e. The highest BCUT2D eigenvalue weighted by molar-refractivity contribution is 14.0. The zero-order chi connectivity index (χ0) is 21.4. The lowest BCUT2D eigenvalue weighted by atomic mass is 9.98. The summed E-state index contributed by atoms with van der Waals surface area (Å²) in [5.74, 6) is 0.782. The van der Waals surface area contributed by atoms with Crippen LogP contribution in [0.25, 0.3) is 0 Å². The molecule has 0 amide bonds. The van der Waals surface area contributed by atoms with E-state index in [1.54, 1.807) is 34.6 Å². The summed E-state index contributed by atoms with van der Waals surface area (Å²) < 4.78 is 40.4. The van der Waals surface area contributed by atoms with Crippen molar-refractivity contribution in [1.29, 1.82) is 0 Å². The summed E-state index contributed by atoms with van der Waals surface area (Å²) in [5, 5.41) is 6.54. The van der Waals surface area contributed by atoms with Gasteiger partial charge in [-0.05, 0) is 55.5 Å². The predicted molar refractivity (Wildman–Crippen MR) is 133 cm³/mol. The first kappa shape index (κ1) is 25.5. The Balaban J connectivity index is 0.00000341. The Bertz CT molecular complexity index is 949. The van der Waals surface area contributed by atoms with Crippen LogP contribution in [0.2, 0.25) is 0 Å². The van der Waals surface area contributed by atoms with E-state index in [0.29, 0.717) is 43.0 Å². The van der Waals surface area contributed by atoms with E-state index >= 15 is 0 Å². The second-order valence-corrected chi connectivity index (χ2v) is 9.30. The molecule has 1 aliphatic heterocycles. The average molecular weight is 560 g/mol. The number of halogens is 2. The molecule has 1 heterocycles. The van der Waals surface area contributed by atoms with Crippen molar-refractivity contribution >= 4 is 40.0 Å². The van der Waals surface area contributed by atoms with Gasteiger partial charge in [-0.2, -0.15) is 4.31 Å². The second kappa shape index (κ2) is 12.4. The molecule has 0 aromatic heterocycles. The molecule has 0 bridgehead atoms. The van der Waals surface area contributed by atoms with E-state index in [9.17, 15) is 12.8 Å². The van der Waals surface area contributed by atoms with Gasteiger partial charge in [0.2, 0.25) is 10.0 Å². The first-order valence-electron chi connectivity index (χ1n) is 10.3. The Morgan fingerprint density at radius 1 is 1.10 bits per heavy atom. The summed E-state index contributed by atoms with van der Waals surface area (Å²) in [7, 11) is -3.42. The maximum absolute atomic E-state index is 13.3. The van der Waals surface area contributed by atoms with E-state index in [4.69, 9.17) is 0 Å². The Labute approximate surface area is 201 Å². The van der Waals surface area contributed by atoms with Crippen LogP contribution in [-0.4, -0.2) is 44.9 Å². The second-order valence-electron chi connectivity index (χ2n) is 7.37. The highest BCUT2D eigenvalue weighted by Crippen LogP contribution is 2.23. The minimum absolute atomic E-state index is 0. The topological polar surface area (TPSA) is 73.8 Å². The van der Waals surface area contributed by atoms with Crippen molar-refractivity contribution in [3.05, 3.63) is 66.0 Å². The zero-order valence-corrected chi connectivity index (χ0v) is 20.8. The summed E-state index contributed by atoms with van der Waals surface area (Å²) in [4.78, 5) is 4.87. The average Bonchev–Trinajstić information content (AvgIpc) is 2.76. The Hall–Kier alpha value is -1.72. The van der Waals surface area contributed by atoms with Crippen LogP contribution in [0.4, 0.5) is 4.39 Å². The van der Waals surface area contributed by atoms with Crippen LogP contribution >= 0.6 is 24.0 Å². The van der Waals surface area contributed by atoms with Gasteiger partial charge in [0.15, 0.2) is 5.96 Å². The molecule has 0 spiro atoms. The third-order valence-electron chi connectivity index (χ3n) is 5.17. The fourth-order valence-electron chi connectivity index (χ4n) is 3.48. The largest absolute Gasteiger partial charge is 0.357 e. The van der Waals surface area contributed by atoms with Crippen molar-refractivity contribution in [3.8, 4) is 0 Å². The normalized spacial score (nSPS) is 15.9. The van der Waals surface area contributed by atoms with E-state index in [2.05, 4.69) is 15.6 Å². The van der Waals surface area contributed by atoms with Crippen molar-refractivity contribution in [1.82, 2.24) is 14.9 Å². The number of hydrogen-bond donors (Lipinski definition) is 2. The summed E-state index contributed by atoms with van der Waals surface area (Å²) in [5.41, 5.74) is 0.812. The molecule has 170 valence electrons. The molecule has 2 aromatic rings. The molecular formula is C22H30FIN4O2S. The Morgan fingerprint density at radius 3 is 2.45 bits per heavy atom. The molecule has 0 unspecified atom stereocenters. The maximum Gasteiger partial charge on any atom is 0.243 e. The number of nitrogens with zero attached hydrogens (tertiary/aromatic N) is 2. The number of sulfonamides is 1. The lowest BCUT2D eigenvalue weighted by molar-refractivity contribution is 0.273. The number of aliphatic imine (C=N–C) groups is 1. The third kappa shape index (κ3) is 7.43. The summed E-state index contributed by atoms with van der Waals surface area (Å²) in [6.45, 7) is 4.85. The molecule has 3 rings (SSSR count). The van der Waals surface area contributed by atoms with Gasteiger partial charge in [-0.25, -0.2) is 17.8 Å².